The topological polar surface area (TPSA) is 69.2 Å². The summed E-state index contributed by atoms with van der Waals surface area (Å²) < 4.78 is 24.1. The van der Waals surface area contributed by atoms with Gasteiger partial charge in [0.1, 0.15) is 0 Å². The molecule has 0 radical (unpaired) electrons. The normalized spacial score (nSPS) is 12.8. The van der Waals surface area contributed by atoms with E-state index in [0.29, 0.717) is 0 Å². The van der Waals surface area contributed by atoms with E-state index in [1.165, 1.54) is 24.3 Å². The zero-order valence-electron chi connectivity index (χ0n) is 7.77. The van der Waals surface area contributed by atoms with E-state index >= 15 is 0 Å². The van der Waals surface area contributed by atoms with Crippen LogP contribution in [0.4, 0.5) is 14.5 Å². The minimum absolute atomic E-state index is 0.141. The fraction of sp³-hybridized carbons (Fsp3) is 0.333. The molecule has 1 atom stereocenters. The molecule has 1 aromatic rings. The third-order valence-corrected chi connectivity index (χ3v) is 1.97. The Hall–Kier alpha value is -1.56. The number of nitro benzene ring substituents is 1. The van der Waals surface area contributed by atoms with Crippen molar-refractivity contribution in [2.45, 2.75) is 18.9 Å². The number of nitro groups is 1. The third-order valence-electron chi connectivity index (χ3n) is 1.97. The van der Waals surface area contributed by atoms with Gasteiger partial charge in [-0.25, -0.2) is 8.78 Å². The van der Waals surface area contributed by atoms with Crippen molar-refractivity contribution in [3.05, 3.63) is 39.9 Å². The van der Waals surface area contributed by atoms with Gasteiger partial charge in [-0.05, 0) is 0 Å². The molecule has 0 unspecified atom stereocenters. The number of nitrogens with two attached hydrogens (primary N) is 1. The van der Waals surface area contributed by atoms with Crippen molar-refractivity contribution in [3.63, 3.8) is 0 Å². The van der Waals surface area contributed by atoms with Crippen LogP contribution in [0.2, 0.25) is 0 Å². The first kappa shape index (κ1) is 11.5. The van der Waals surface area contributed by atoms with E-state index in [2.05, 4.69) is 0 Å². The summed E-state index contributed by atoms with van der Waals surface area (Å²) in [6.45, 7) is 0. The Balaban J connectivity index is 2.97. The average Bonchev–Trinajstić information content (AvgIpc) is 2.16. The molecule has 1 rings (SSSR count). The highest BCUT2D eigenvalue weighted by Gasteiger charge is 2.21. The first-order chi connectivity index (χ1) is 7.02. The molecule has 15 heavy (non-hydrogen) atoms. The van der Waals surface area contributed by atoms with Gasteiger partial charge in [0, 0.05) is 24.1 Å². The van der Waals surface area contributed by atoms with Crippen molar-refractivity contribution in [3.8, 4) is 0 Å². The second-order valence-corrected chi connectivity index (χ2v) is 3.05. The van der Waals surface area contributed by atoms with Gasteiger partial charge in [-0.2, -0.15) is 0 Å². The number of hydrogen-bond donors (Lipinski definition) is 1. The smallest absolute Gasteiger partial charge is 0.274 e. The molecule has 0 saturated heterocycles. The molecular formula is C9H10F2N2O2. The molecule has 0 saturated carbocycles. The van der Waals surface area contributed by atoms with Crippen LogP contribution in [0.3, 0.4) is 0 Å². The van der Waals surface area contributed by atoms with Gasteiger partial charge in [-0.15, -0.1) is 0 Å². The molecule has 0 aromatic heterocycles. The first-order valence-corrected chi connectivity index (χ1v) is 4.29. The molecule has 0 fully saturated rings. The van der Waals surface area contributed by atoms with Crippen molar-refractivity contribution in [2.24, 2.45) is 5.73 Å². The lowest BCUT2D eigenvalue weighted by Crippen LogP contribution is -2.15. The van der Waals surface area contributed by atoms with Crippen LogP contribution in [-0.2, 0) is 0 Å². The predicted molar refractivity (Wildman–Crippen MR) is 50.6 cm³/mol. The maximum absolute atomic E-state index is 12.1. The molecular weight excluding hydrogens is 206 g/mol. The summed E-state index contributed by atoms with van der Waals surface area (Å²) >= 11 is 0. The Kier molecular flexibility index (Phi) is 3.68. The lowest BCUT2D eigenvalue weighted by molar-refractivity contribution is -0.385. The fourth-order valence-corrected chi connectivity index (χ4v) is 1.29. The molecule has 0 amide bonds. The van der Waals surface area contributed by atoms with E-state index in [4.69, 9.17) is 5.73 Å². The van der Waals surface area contributed by atoms with Crippen LogP contribution in [0.5, 0.6) is 0 Å². The Labute approximate surface area is 84.9 Å². The van der Waals surface area contributed by atoms with Crippen molar-refractivity contribution in [2.75, 3.05) is 0 Å². The number of rotatable bonds is 4. The van der Waals surface area contributed by atoms with Gasteiger partial charge in [-0.1, -0.05) is 18.2 Å². The number of hydrogen-bond acceptors (Lipinski definition) is 3. The maximum atomic E-state index is 12.1. The van der Waals surface area contributed by atoms with E-state index < -0.39 is 23.8 Å². The summed E-state index contributed by atoms with van der Waals surface area (Å²) in [5.74, 6) is 0. The number of alkyl halides is 2. The largest absolute Gasteiger partial charge is 0.324 e. The zero-order valence-corrected chi connectivity index (χ0v) is 7.77. The van der Waals surface area contributed by atoms with E-state index in [0.717, 1.165) is 0 Å². The van der Waals surface area contributed by atoms with Crippen LogP contribution >= 0.6 is 0 Å². The second kappa shape index (κ2) is 4.79. The van der Waals surface area contributed by atoms with Gasteiger partial charge >= 0.3 is 0 Å². The molecule has 4 nitrogen and oxygen atoms in total. The fourth-order valence-electron chi connectivity index (χ4n) is 1.29. The standard InChI is InChI=1S/C9H10F2N2O2/c10-9(11)5-7(12)6-3-1-2-4-8(6)13(14)15/h1-4,7,9H,5,12H2/t7-/m1/s1. The summed E-state index contributed by atoms with van der Waals surface area (Å²) in [7, 11) is 0. The molecule has 0 aliphatic rings. The third kappa shape index (κ3) is 2.95. The van der Waals surface area contributed by atoms with Gasteiger partial charge in [0.15, 0.2) is 0 Å². The highest BCUT2D eigenvalue weighted by atomic mass is 19.3. The maximum Gasteiger partial charge on any atom is 0.274 e. The van der Waals surface area contributed by atoms with Crippen molar-refractivity contribution in [1.29, 1.82) is 0 Å². The van der Waals surface area contributed by atoms with Crippen molar-refractivity contribution in [1.82, 2.24) is 0 Å². The summed E-state index contributed by atoms with van der Waals surface area (Å²) in [6, 6.07) is 4.64. The average molecular weight is 216 g/mol. The summed E-state index contributed by atoms with van der Waals surface area (Å²) in [4.78, 5) is 9.95. The van der Waals surface area contributed by atoms with Crippen molar-refractivity contribution >= 4 is 5.69 Å². The number of nitrogens with zero attached hydrogens (tertiary/aromatic N) is 1. The first-order valence-electron chi connectivity index (χ1n) is 4.29. The van der Waals surface area contributed by atoms with Crippen LogP contribution in [-0.4, -0.2) is 11.3 Å². The molecule has 6 heteroatoms. The minimum atomic E-state index is -2.57. The van der Waals surface area contributed by atoms with Crippen LogP contribution in [0.15, 0.2) is 24.3 Å². The Bertz CT molecular complexity index is 358. The van der Waals surface area contributed by atoms with Crippen LogP contribution in [0.1, 0.15) is 18.0 Å². The lowest BCUT2D eigenvalue weighted by atomic mass is 10.0. The molecule has 0 aliphatic carbocycles. The van der Waals surface area contributed by atoms with Crippen LogP contribution in [0.25, 0.3) is 0 Å². The molecule has 0 heterocycles. The summed E-state index contributed by atoms with van der Waals surface area (Å²) in [6.07, 6.45) is -3.15. The van der Waals surface area contributed by atoms with Crippen LogP contribution < -0.4 is 5.73 Å². The molecule has 82 valence electrons. The Morgan fingerprint density at radius 3 is 2.53 bits per heavy atom. The van der Waals surface area contributed by atoms with E-state index in [1.807, 2.05) is 0 Å². The molecule has 0 aliphatic heterocycles. The zero-order chi connectivity index (χ0) is 11.4. The van der Waals surface area contributed by atoms with Crippen LogP contribution in [0, 0.1) is 10.1 Å². The van der Waals surface area contributed by atoms with E-state index in [-0.39, 0.29) is 11.3 Å². The van der Waals surface area contributed by atoms with E-state index in [1.54, 1.807) is 0 Å². The molecule has 1 aromatic carbocycles. The van der Waals surface area contributed by atoms with Crippen molar-refractivity contribution < 1.29 is 13.7 Å². The monoisotopic (exact) mass is 216 g/mol. The summed E-state index contributed by atoms with van der Waals surface area (Å²) in [5.41, 5.74) is 5.37. The minimum Gasteiger partial charge on any atom is -0.324 e. The molecule has 0 bridgehead atoms. The number of benzene rings is 1. The summed E-state index contributed by atoms with van der Waals surface area (Å²) in [5, 5.41) is 10.6. The molecule has 2 N–H and O–H groups in total. The van der Waals surface area contributed by atoms with Gasteiger partial charge < -0.3 is 5.73 Å². The highest BCUT2D eigenvalue weighted by molar-refractivity contribution is 5.41. The van der Waals surface area contributed by atoms with Gasteiger partial charge in [0.2, 0.25) is 6.43 Å². The highest BCUT2D eigenvalue weighted by Crippen LogP contribution is 2.26. The second-order valence-electron chi connectivity index (χ2n) is 3.05. The Morgan fingerprint density at radius 2 is 2.00 bits per heavy atom. The predicted octanol–water partition coefficient (Wildman–Crippen LogP) is 2.25. The van der Waals surface area contributed by atoms with Gasteiger partial charge in [0.25, 0.3) is 5.69 Å². The molecule has 0 spiro atoms. The lowest BCUT2D eigenvalue weighted by Gasteiger charge is -2.11. The number of para-hydroxylation sites is 1. The number of halogens is 2. The van der Waals surface area contributed by atoms with Gasteiger partial charge in [-0.3, -0.25) is 10.1 Å². The van der Waals surface area contributed by atoms with Gasteiger partial charge in [0.05, 0.1) is 4.92 Å². The Morgan fingerprint density at radius 1 is 1.40 bits per heavy atom. The SMILES string of the molecule is N[C@H](CC(F)F)c1ccccc1[N+](=O)[O-]. The quantitative estimate of drug-likeness (QED) is 0.619. The van der Waals surface area contributed by atoms with E-state index in [9.17, 15) is 18.9 Å².